The van der Waals surface area contributed by atoms with Crippen LogP contribution < -0.4 is 10.1 Å². The Kier molecular flexibility index (Phi) is 8.66. The first-order valence-corrected chi connectivity index (χ1v) is 11.0. The minimum Gasteiger partial charge on any atom is -0.483 e. The van der Waals surface area contributed by atoms with Crippen LogP contribution in [0.5, 0.6) is 5.75 Å². The lowest BCUT2D eigenvalue weighted by Gasteiger charge is -2.30. The van der Waals surface area contributed by atoms with E-state index in [-0.39, 0.29) is 29.9 Å². The number of nitrogens with zero attached hydrogens (tertiary/aromatic N) is 1. The molecule has 0 radical (unpaired) electrons. The van der Waals surface area contributed by atoms with Gasteiger partial charge >= 0.3 is 0 Å². The standard InChI is InChI=1S/C26H36N2O3/c1-7-19(2)27-25(30)20(3)28(17-21-13-9-8-10-14-21)24(29)18-31-23-16-12-11-15-22(23)26(4,5)6/h8-16,19-20H,7,17-18H2,1-6H3,(H,27,30)/t19-,20-/m1/s1. The third-order valence-corrected chi connectivity index (χ3v) is 5.41. The highest BCUT2D eigenvalue weighted by molar-refractivity contribution is 5.88. The number of carbonyl (C=O) groups excluding carboxylic acids is 2. The van der Waals surface area contributed by atoms with Gasteiger partial charge < -0.3 is 15.0 Å². The zero-order valence-electron chi connectivity index (χ0n) is 19.6. The van der Waals surface area contributed by atoms with E-state index in [1.807, 2.05) is 68.4 Å². The average molecular weight is 425 g/mol. The predicted molar refractivity (Wildman–Crippen MR) is 125 cm³/mol. The number of hydrogen-bond donors (Lipinski definition) is 1. The molecule has 0 saturated heterocycles. The van der Waals surface area contributed by atoms with E-state index in [1.54, 1.807) is 11.8 Å². The molecule has 5 nitrogen and oxygen atoms in total. The molecule has 31 heavy (non-hydrogen) atoms. The predicted octanol–water partition coefficient (Wildman–Crippen LogP) is 4.69. The summed E-state index contributed by atoms with van der Waals surface area (Å²) in [4.78, 5) is 27.6. The van der Waals surface area contributed by atoms with Crippen LogP contribution >= 0.6 is 0 Å². The smallest absolute Gasteiger partial charge is 0.261 e. The second kappa shape index (κ2) is 11.0. The van der Waals surface area contributed by atoms with Gasteiger partial charge in [-0.3, -0.25) is 9.59 Å². The molecule has 2 amide bonds. The summed E-state index contributed by atoms with van der Waals surface area (Å²) in [6, 6.07) is 16.9. The van der Waals surface area contributed by atoms with Crippen LogP contribution in [-0.2, 0) is 21.5 Å². The Labute approximate surface area is 186 Å². The highest BCUT2D eigenvalue weighted by Crippen LogP contribution is 2.31. The Morgan fingerprint density at radius 1 is 1.00 bits per heavy atom. The molecule has 0 heterocycles. The molecule has 1 N–H and O–H groups in total. The van der Waals surface area contributed by atoms with Gasteiger partial charge in [0, 0.05) is 12.6 Å². The maximum Gasteiger partial charge on any atom is 0.261 e. The summed E-state index contributed by atoms with van der Waals surface area (Å²) in [6.45, 7) is 12.3. The van der Waals surface area contributed by atoms with Crippen LogP contribution in [0, 0.1) is 0 Å². The molecule has 0 aromatic heterocycles. The molecular weight excluding hydrogens is 388 g/mol. The van der Waals surface area contributed by atoms with Crippen molar-refractivity contribution in [1.29, 1.82) is 0 Å². The number of hydrogen-bond acceptors (Lipinski definition) is 3. The molecular formula is C26H36N2O3. The fourth-order valence-corrected chi connectivity index (χ4v) is 3.26. The quantitative estimate of drug-likeness (QED) is 0.635. The second-order valence-electron chi connectivity index (χ2n) is 9.04. The molecule has 0 aliphatic heterocycles. The number of rotatable bonds is 9. The molecule has 2 aromatic rings. The van der Waals surface area contributed by atoms with Crippen molar-refractivity contribution in [1.82, 2.24) is 10.2 Å². The Hall–Kier alpha value is -2.82. The van der Waals surface area contributed by atoms with Gasteiger partial charge in [-0.15, -0.1) is 0 Å². The lowest BCUT2D eigenvalue weighted by molar-refractivity contribution is -0.142. The Morgan fingerprint density at radius 2 is 1.61 bits per heavy atom. The second-order valence-corrected chi connectivity index (χ2v) is 9.04. The summed E-state index contributed by atoms with van der Waals surface area (Å²) < 4.78 is 5.95. The van der Waals surface area contributed by atoms with Crippen LogP contribution in [0.1, 0.15) is 59.1 Å². The van der Waals surface area contributed by atoms with E-state index in [1.165, 1.54) is 0 Å². The van der Waals surface area contributed by atoms with Gasteiger partial charge in [0.1, 0.15) is 11.8 Å². The van der Waals surface area contributed by atoms with Crippen molar-refractivity contribution in [2.75, 3.05) is 6.61 Å². The number of ether oxygens (including phenoxy) is 1. The molecule has 2 aromatic carbocycles. The Bertz CT molecular complexity index is 858. The van der Waals surface area contributed by atoms with Crippen LogP contribution in [0.4, 0.5) is 0 Å². The molecule has 5 heteroatoms. The van der Waals surface area contributed by atoms with E-state index < -0.39 is 6.04 Å². The van der Waals surface area contributed by atoms with E-state index in [2.05, 4.69) is 26.1 Å². The molecule has 168 valence electrons. The van der Waals surface area contributed by atoms with Gasteiger partial charge in [0.2, 0.25) is 5.91 Å². The fourth-order valence-electron chi connectivity index (χ4n) is 3.26. The van der Waals surface area contributed by atoms with Crippen LogP contribution in [0.25, 0.3) is 0 Å². The van der Waals surface area contributed by atoms with E-state index >= 15 is 0 Å². The maximum atomic E-state index is 13.2. The molecule has 0 unspecified atom stereocenters. The molecule has 0 fully saturated rings. The average Bonchev–Trinajstić information content (AvgIpc) is 2.75. The number of para-hydroxylation sites is 1. The zero-order chi connectivity index (χ0) is 23.0. The summed E-state index contributed by atoms with van der Waals surface area (Å²) in [5.74, 6) is 0.313. The first kappa shape index (κ1) is 24.4. The van der Waals surface area contributed by atoms with Crippen molar-refractivity contribution < 1.29 is 14.3 Å². The fraction of sp³-hybridized carbons (Fsp3) is 0.462. The Balaban J connectivity index is 2.19. The molecule has 0 saturated carbocycles. The molecule has 2 atom stereocenters. The minimum absolute atomic E-state index is 0.0542. The van der Waals surface area contributed by atoms with Crippen molar-refractivity contribution in [2.45, 2.75) is 72.0 Å². The number of benzene rings is 2. The molecule has 2 rings (SSSR count). The van der Waals surface area contributed by atoms with Gasteiger partial charge in [0.25, 0.3) is 5.91 Å². The topological polar surface area (TPSA) is 58.6 Å². The van der Waals surface area contributed by atoms with E-state index in [0.717, 1.165) is 17.5 Å². The number of carbonyl (C=O) groups is 2. The van der Waals surface area contributed by atoms with Gasteiger partial charge in [0.15, 0.2) is 6.61 Å². The lowest BCUT2D eigenvalue weighted by atomic mass is 9.86. The minimum atomic E-state index is -0.608. The first-order chi connectivity index (χ1) is 14.6. The van der Waals surface area contributed by atoms with Gasteiger partial charge in [-0.2, -0.15) is 0 Å². The van der Waals surface area contributed by atoms with Crippen LogP contribution in [0.2, 0.25) is 0 Å². The highest BCUT2D eigenvalue weighted by Gasteiger charge is 2.27. The largest absolute Gasteiger partial charge is 0.483 e. The van der Waals surface area contributed by atoms with E-state index in [0.29, 0.717) is 12.3 Å². The first-order valence-electron chi connectivity index (χ1n) is 11.0. The molecule has 0 aliphatic rings. The molecule has 0 bridgehead atoms. The van der Waals surface area contributed by atoms with Crippen LogP contribution in [-0.4, -0.2) is 35.4 Å². The number of amides is 2. The SMILES string of the molecule is CC[C@@H](C)NC(=O)[C@@H](C)N(Cc1ccccc1)C(=O)COc1ccccc1C(C)(C)C. The summed E-state index contributed by atoms with van der Waals surface area (Å²) in [5.41, 5.74) is 1.90. The summed E-state index contributed by atoms with van der Waals surface area (Å²) in [7, 11) is 0. The third kappa shape index (κ3) is 7.12. The van der Waals surface area contributed by atoms with Gasteiger partial charge in [-0.1, -0.05) is 76.2 Å². The van der Waals surface area contributed by atoms with Crippen LogP contribution in [0.3, 0.4) is 0 Å². The summed E-state index contributed by atoms with van der Waals surface area (Å²) in [6.07, 6.45) is 0.831. The molecule has 0 spiro atoms. The summed E-state index contributed by atoms with van der Waals surface area (Å²) in [5, 5.41) is 2.98. The van der Waals surface area contributed by atoms with E-state index in [9.17, 15) is 9.59 Å². The number of nitrogens with one attached hydrogen (secondary N) is 1. The van der Waals surface area contributed by atoms with Gasteiger partial charge in [0.05, 0.1) is 0 Å². The van der Waals surface area contributed by atoms with Crippen molar-refractivity contribution >= 4 is 11.8 Å². The van der Waals surface area contributed by atoms with Crippen molar-refractivity contribution in [3.63, 3.8) is 0 Å². The van der Waals surface area contributed by atoms with Crippen LogP contribution in [0.15, 0.2) is 54.6 Å². The molecule has 0 aliphatic carbocycles. The highest BCUT2D eigenvalue weighted by atomic mass is 16.5. The third-order valence-electron chi connectivity index (χ3n) is 5.41. The summed E-state index contributed by atoms with van der Waals surface area (Å²) >= 11 is 0. The van der Waals surface area contributed by atoms with Crippen molar-refractivity contribution in [3.05, 3.63) is 65.7 Å². The maximum absolute atomic E-state index is 13.2. The van der Waals surface area contributed by atoms with Gasteiger partial charge in [-0.05, 0) is 42.9 Å². The van der Waals surface area contributed by atoms with Crippen molar-refractivity contribution in [3.8, 4) is 5.75 Å². The zero-order valence-corrected chi connectivity index (χ0v) is 19.6. The normalized spacial score (nSPS) is 13.2. The van der Waals surface area contributed by atoms with Gasteiger partial charge in [-0.25, -0.2) is 0 Å². The monoisotopic (exact) mass is 424 g/mol. The van der Waals surface area contributed by atoms with Crippen molar-refractivity contribution in [2.24, 2.45) is 0 Å². The Morgan fingerprint density at radius 3 is 2.23 bits per heavy atom. The van der Waals surface area contributed by atoms with E-state index in [4.69, 9.17) is 4.74 Å². The lowest BCUT2D eigenvalue weighted by Crippen LogP contribution is -2.50.